The van der Waals surface area contributed by atoms with Crippen molar-refractivity contribution >= 4 is 29.2 Å². The summed E-state index contributed by atoms with van der Waals surface area (Å²) in [6.07, 6.45) is -12.1. The summed E-state index contributed by atoms with van der Waals surface area (Å²) in [6, 6.07) is 3.96. The summed E-state index contributed by atoms with van der Waals surface area (Å²) in [6.45, 7) is -1.20. The van der Waals surface area contributed by atoms with Crippen molar-refractivity contribution in [2.75, 3.05) is 25.7 Å². The number of nitrogens with zero attached hydrogens (tertiary/aromatic N) is 1. The molecule has 0 saturated carbocycles. The van der Waals surface area contributed by atoms with E-state index in [1.54, 1.807) is 0 Å². The Morgan fingerprint density at radius 2 is 1.43 bits per heavy atom. The molecule has 154 valence electrons. The average Bonchev–Trinajstić information content (AvgIpc) is 2.98. The SMILES string of the molecule is COC(=O)C1=C(C(=O)OC)C(C(F)(F)F)(C(F)(F)F)N(c2ccc(Cl)cc2)C1. The normalized spacial score (nSPS) is 17.0. The lowest BCUT2D eigenvalue weighted by atomic mass is 9.86. The highest BCUT2D eigenvalue weighted by Crippen LogP contribution is 2.57. The molecule has 1 heterocycles. The van der Waals surface area contributed by atoms with Crippen molar-refractivity contribution < 1.29 is 45.4 Å². The van der Waals surface area contributed by atoms with Crippen LogP contribution in [0.1, 0.15) is 0 Å². The number of rotatable bonds is 3. The van der Waals surface area contributed by atoms with Crippen LogP contribution in [0.15, 0.2) is 35.4 Å². The Labute approximate surface area is 159 Å². The quantitative estimate of drug-likeness (QED) is 0.540. The predicted octanol–water partition coefficient (Wildman–Crippen LogP) is 3.67. The number of methoxy groups -OCH3 is 2. The second-order valence-corrected chi connectivity index (χ2v) is 6.04. The van der Waals surface area contributed by atoms with Gasteiger partial charge in [-0.2, -0.15) is 26.3 Å². The zero-order chi connectivity index (χ0) is 21.5. The Kier molecular flexibility index (Phi) is 5.61. The molecule has 0 atom stereocenters. The summed E-state index contributed by atoms with van der Waals surface area (Å²) >= 11 is 5.65. The van der Waals surface area contributed by atoms with E-state index < -0.39 is 53.2 Å². The van der Waals surface area contributed by atoms with Gasteiger partial charge in [0.2, 0.25) is 0 Å². The number of anilines is 1. The van der Waals surface area contributed by atoms with Crippen LogP contribution in [0.4, 0.5) is 32.0 Å². The maximum absolute atomic E-state index is 14.0. The van der Waals surface area contributed by atoms with Crippen LogP contribution in [0, 0.1) is 0 Å². The van der Waals surface area contributed by atoms with Crippen molar-refractivity contribution in [2.24, 2.45) is 0 Å². The highest BCUT2D eigenvalue weighted by Gasteiger charge is 2.80. The first kappa shape index (κ1) is 21.9. The summed E-state index contributed by atoms with van der Waals surface area (Å²) in [7, 11) is 1.37. The van der Waals surface area contributed by atoms with Crippen molar-refractivity contribution in [3.8, 4) is 0 Å². The van der Waals surface area contributed by atoms with Crippen LogP contribution in [0.5, 0.6) is 0 Å². The summed E-state index contributed by atoms with van der Waals surface area (Å²) in [4.78, 5) is 23.9. The molecule has 0 amide bonds. The van der Waals surface area contributed by atoms with E-state index in [1.165, 1.54) is 0 Å². The van der Waals surface area contributed by atoms with Gasteiger partial charge in [0.1, 0.15) is 0 Å². The highest BCUT2D eigenvalue weighted by atomic mass is 35.5. The lowest BCUT2D eigenvalue weighted by Gasteiger charge is -2.43. The number of carbonyl (C=O) groups is 2. The van der Waals surface area contributed by atoms with Gasteiger partial charge in [0.15, 0.2) is 0 Å². The van der Waals surface area contributed by atoms with E-state index in [0.29, 0.717) is 7.11 Å². The molecule has 1 aromatic rings. The fraction of sp³-hybridized carbons (Fsp3) is 0.375. The fourth-order valence-corrected chi connectivity index (χ4v) is 3.15. The Bertz CT molecular complexity index is 802. The number of alkyl halides is 6. The molecular weight excluding hydrogens is 420 g/mol. The molecule has 1 aromatic carbocycles. The van der Waals surface area contributed by atoms with Crippen molar-refractivity contribution in [1.82, 2.24) is 0 Å². The largest absolute Gasteiger partial charge is 0.466 e. The molecule has 0 aromatic heterocycles. The highest BCUT2D eigenvalue weighted by molar-refractivity contribution is 6.30. The Morgan fingerprint density at radius 3 is 1.82 bits per heavy atom. The van der Waals surface area contributed by atoms with E-state index in [2.05, 4.69) is 9.47 Å². The van der Waals surface area contributed by atoms with Gasteiger partial charge in [-0.15, -0.1) is 0 Å². The van der Waals surface area contributed by atoms with Gasteiger partial charge in [0.25, 0.3) is 5.54 Å². The molecule has 0 spiro atoms. The van der Waals surface area contributed by atoms with Gasteiger partial charge < -0.3 is 14.4 Å². The summed E-state index contributed by atoms with van der Waals surface area (Å²) in [5, 5.41) is 0.0573. The van der Waals surface area contributed by atoms with Crippen molar-refractivity contribution in [3.05, 3.63) is 40.4 Å². The molecule has 0 saturated heterocycles. The van der Waals surface area contributed by atoms with Gasteiger partial charge in [0, 0.05) is 10.7 Å². The van der Waals surface area contributed by atoms with Crippen molar-refractivity contribution in [3.63, 3.8) is 0 Å². The molecule has 12 heteroatoms. The minimum absolute atomic E-state index is 0.0573. The fourth-order valence-electron chi connectivity index (χ4n) is 3.03. The van der Waals surface area contributed by atoms with E-state index in [0.717, 1.165) is 31.4 Å². The second kappa shape index (κ2) is 7.19. The third-order valence-electron chi connectivity index (χ3n) is 4.16. The minimum Gasteiger partial charge on any atom is -0.466 e. The molecule has 0 bridgehead atoms. The van der Waals surface area contributed by atoms with Crippen molar-refractivity contribution in [1.29, 1.82) is 0 Å². The van der Waals surface area contributed by atoms with Crippen LogP contribution >= 0.6 is 11.6 Å². The van der Waals surface area contributed by atoms with Gasteiger partial charge >= 0.3 is 24.3 Å². The number of carbonyl (C=O) groups excluding carboxylic acids is 2. The average molecular weight is 432 g/mol. The molecule has 0 unspecified atom stereocenters. The van der Waals surface area contributed by atoms with E-state index in [9.17, 15) is 35.9 Å². The van der Waals surface area contributed by atoms with E-state index in [-0.39, 0.29) is 9.92 Å². The monoisotopic (exact) mass is 431 g/mol. The number of halogens is 7. The lowest BCUT2D eigenvalue weighted by molar-refractivity contribution is -0.282. The van der Waals surface area contributed by atoms with Gasteiger partial charge in [0.05, 0.1) is 31.9 Å². The molecule has 5 nitrogen and oxygen atoms in total. The molecule has 2 rings (SSSR count). The zero-order valence-electron chi connectivity index (χ0n) is 14.2. The first-order chi connectivity index (χ1) is 12.8. The van der Waals surface area contributed by atoms with E-state index >= 15 is 0 Å². The number of hydrogen-bond acceptors (Lipinski definition) is 5. The Hall–Kier alpha value is -2.43. The van der Waals surface area contributed by atoms with Crippen LogP contribution in [-0.2, 0) is 19.1 Å². The minimum atomic E-state index is -6.05. The maximum Gasteiger partial charge on any atom is 0.425 e. The van der Waals surface area contributed by atoms with Crippen LogP contribution in [0.25, 0.3) is 0 Å². The summed E-state index contributed by atoms with van der Waals surface area (Å²) < 4.78 is 92.6. The first-order valence-electron chi connectivity index (χ1n) is 7.39. The lowest BCUT2D eigenvalue weighted by Crippen LogP contribution is -2.67. The molecule has 0 N–H and O–H groups in total. The third-order valence-corrected chi connectivity index (χ3v) is 4.42. The van der Waals surface area contributed by atoms with Gasteiger partial charge in [-0.1, -0.05) is 11.6 Å². The van der Waals surface area contributed by atoms with Crippen LogP contribution < -0.4 is 4.90 Å². The third kappa shape index (κ3) is 3.17. The van der Waals surface area contributed by atoms with Gasteiger partial charge in [-0.3, -0.25) is 0 Å². The summed E-state index contributed by atoms with van der Waals surface area (Å²) in [5.74, 6) is -3.47. The van der Waals surface area contributed by atoms with Gasteiger partial charge in [-0.25, -0.2) is 9.59 Å². The van der Waals surface area contributed by atoms with E-state index in [1.807, 2.05) is 0 Å². The molecule has 1 aliphatic rings. The van der Waals surface area contributed by atoms with Crippen molar-refractivity contribution in [2.45, 2.75) is 17.9 Å². The standard InChI is InChI=1S/C16H12ClF6NO4/c1-27-12(25)10-7-24(9-5-3-8(17)4-6-9)14(15(18,19)20,16(21,22)23)11(10)13(26)28-2/h3-6H,7H2,1-2H3. The number of ether oxygens (including phenoxy) is 2. The second-order valence-electron chi connectivity index (χ2n) is 5.61. The zero-order valence-corrected chi connectivity index (χ0v) is 15.0. The Balaban J connectivity index is 2.94. The molecule has 0 fully saturated rings. The number of benzene rings is 1. The molecule has 1 aliphatic heterocycles. The molecule has 0 radical (unpaired) electrons. The van der Waals surface area contributed by atoms with Gasteiger partial charge in [-0.05, 0) is 24.3 Å². The number of esters is 2. The first-order valence-corrected chi connectivity index (χ1v) is 7.77. The van der Waals surface area contributed by atoms with Crippen LogP contribution in [0.2, 0.25) is 5.02 Å². The number of hydrogen-bond donors (Lipinski definition) is 0. The summed E-state index contributed by atoms with van der Waals surface area (Å²) in [5.41, 5.74) is -8.40. The topological polar surface area (TPSA) is 55.8 Å². The predicted molar refractivity (Wildman–Crippen MR) is 84.7 cm³/mol. The van der Waals surface area contributed by atoms with Crippen LogP contribution in [0.3, 0.4) is 0 Å². The smallest absolute Gasteiger partial charge is 0.425 e. The molecular formula is C16H12ClF6NO4. The maximum atomic E-state index is 14.0. The van der Waals surface area contributed by atoms with Crippen LogP contribution in [-0.4, -0.2) is 50.6 Å². The Morgan fingerprint density at radius 1 is 0.964 bits per heavy atom. The van der Waals surface area contributed by atoms with E-state index in [4.69, 9.17) is 11.6 Å². The molecule has 0 aliphatic carbocycles. The molecule has 28 heavy (non-hydrogen) atoms.